The number of ether oxygens (including phenoxy) is 1. The van der Waals surface area contributed by atoms with Crippen LogP contribution in [0.4, 0.5) is 4.39 Å². The lowest BCUT2D eigenvalue weighted by Gasteiger charge is -2.16. The van der Waals surface area contributed by atoms with Gasteiger partial charge < -0.3 is 20.5 Å². The van der Waals surface area contributed by atoms with Crippen LogP contribution in [-0.2, 0) is 6.54 Å². The van der Waals surface area contributed by atoms with Crippen LogP contribution in [0.2, 0.25) is 0 Å². The third-order valence-corrected chi connectivity index (χ3v) is 3.81. The number of nitrogens with zero attached hydrogens (tertiary/aromatic N) is 1. The van der Waals surface area contributed by atoms with Gasteiger partial charge in [-0.3, -0.25) is 0 Å². The number of aliphatic imine (C=N–C) groups is 1. The van der Waals surface area contributed by atoms with Gasteiger partial charge in [-0.15, -0.1) is 24.0 Å². The molecule has 1 unspecified atom stereocenters. The molecule has 0 saturated heterocycles. The molecule has 0 spiro atoms. The van der Waals surface area contributed by atoms with Crippen LogP contribution in [0.15, 0.2) is 66.2 Å². The van der Waals surface area contributed by atoms with Crippen LogP contribution in [0.1, 0.15) is 24.2 Å². The monoisotopic (exact) mass is 499 g/mol. The van der Waals surface area contributed by atoms with Crippen LogP contribution in [0.5, 0.6) is 5.75 Å². The van der Waals surface area contributed by atoms with Gasteiger partial charge in [0.25, 0.3) is 0 Å². The number of hydrogen-bond acceptors (Lipinski definition) is 3. The molecule has 2 aromatic carbocycles. The van der Waals surface area contributed by atoms with Crippen molar-refractivity contribution in [1.29, 1.82) is 0 Å². The predicted octanol–water partition coefficient (Wildman–Crippen LogP) is 3.80. The third-order valence-electron chi connectivity index (χ3n) is 3.81. The average molecular weight is 499 g/mol. The molecule has 0 aliphatic heterocycles. The molecule has 0 saturated carbocycles. The van der Waals surface area contributed by atoms with E-state index in [1.165, 1.54) is 6.07 Å². The third kappa shape index (κ3) is 7.47. The maximum absolute atomic E-state index is 13.8. The summed E-state index contributed by atoms with van der Waals surface area (Å²) >= 11 is 0. The molecule has 0 aliphatic carbocycles. The molecule has 2 aromatic rings. The van der Waals surface area contributed by atoms with E-state index in [-0.39, 0.29) is 36.1 Å². The maximum atomic E-state index is 13.8. The lowest BCUT2D eigenvalue weighted by atomic mass is 10.1. The fraction of sp³-hybridized carbons (Fsp3) is 0.286. The minimum atomic E-state index is -0.974. The summed E-state index contributed by atoms with van der Waals surface area (Å²) in [6.45, 7) is 7.23. The summed E-state index contributed by atoms with van der Waals surface area (Å²) < 4.78 is 19.4. The van der Waals surface area contributed by atoms with Crippen molar-refractivity contribution in [3.63, 3.8) is 0 Å². The molecule has 0 bridgehead atoms. The Bertz CT molecular complexity index is 771. The second-order valence-electron chi connectivity index (χ2n) is 5.82. The van der Waals surface area contributed by atoms with Gasteiger partial charge in [-0.25, -0.2) is 9.38 Å². The summed E-state index contributed by atoms with van der Waals surface area (Å²) in [4.78, 5) is 4.52. The van der Waals surface area contributed by atoms with Gasteiger partial charge in [-0.05, 0) is 19.1 Å². The molecule has 2 rings (SSSR count). The van der Waals surface area contributed by atoms with Gasteiger partial charge in [0, 0.05) is 24.2 Å². The lowest BCUT2D eigenvalue weighted by Crippen LogP contribution is -2.39. The Kier molecular flexibility index (Phi) is 11.2. The van der Waals surface area contributed by atoms with Crippen molar-refractivity contribution in [2.75, 3.05) is 19.7 Å². The molecular weight excluding hydrogens is 472 g/mol. The van der Waals surface area contributed by atoms with Crippen LogP contribution in [0.25, 0.3) is 0 Å². The Balaban J connectivity index is 0.00000392. The summed E-state index contributed by atoms with van der Waals surface area (Å²) in [7, 11) is 0. The Morgan fingerprint density at radius 3 is 2.64 bits per heavy atom. The molecule has 0 amide bonds. The average Bonchev–Trinajstić information content (AvgIpc) is 2.69. The normalized spacial score (nSPS) is 11.9. The van der Waals surface area contributed by atoms with Crippen LogP contribution in [-0.4, -0.2) is 30.8 Å². The molecule has 3 N–H and O–H groups in total. The van der Waals surface area contributed by atoms with E-state index in [2.05, 4.69) is 22.2 Å². The van der Waals surface area contributed by atoms with Crippen molar-refractivity contribution in [3.8, 4) is 5.75 Å². The van der Waals surface area contributed by atoms with Crippen LogP contribution in [0.3, 0.4) is 0 Å². The smallest absolute Gasteiger partial charge is 0.191 e. The van der Waals surface area contributed by atoms with Crippen molar-refractivity contribution >= 4 is 29.9 Å². The zero-order chi connectivity index (χ0) is 19.5. The van der Waals surface area contributed by atoms with E-state index >= 15 is 0 Å². The fourth-order valence-corrected chi connectivity index (χ4v) is 2.48. The highest BCUT2D eigenvalue weighted by atomic mass is 127. The standard InChI is InChI=1S/C21H26FN3O2.HI/c1-3-13-27-20-12-8-5-9-16(20)14-24-21(23-4-2)25-15-19(26)17-10-6-7-11-18(17)22;/h3,5-12,19,26H,1,4,13-15H2,2H3,(H2,23,24,25);1H. The molecular formula is C21H27FIN3O2. The van der Waals surface area contributed by atoms with Crippen LogP contribution < -0.4 is 15.4 Å². The first kappa shape index (κ1) is 23.9. The Labute approximate surface area is 182 Å². The Morgan fingerprint density at radius 2 is 1.93 bits per heavy atom. The Morgan fingerprint density at radius 1 is 1.21 bits per heavy atom. The summed E-state index contributed by atoms with van der Waals surface area (Å²) in [5.74, 6) is 0.858. The van der Waals surface area contributed by atoms with E-state index in [1.807, 2.05) is 31.2 Å². The highest BCUT2D eigenvalue weighted by Gasteiger charge is 2.12. The zero-order valence-electron chi connectivity index (χ0n) is 15.9. The van der Waals surface area contributed by atoms with Gasteiger partial charge in [0.15, 0.2) is 5.96 Å². The molecule has 0 heterocycles. The number of hydrogen-bond donors (Lipinski definition) is 3. The van der Waals surface area contributed by atoms with E-state index in [0.29, 0.717) is 25.7 Å². The Hall–Kier alpha value is -2.13. The van der Waals surface area contributed by atoms with E-state index in [0.717, 1.165) is 11.3 Å². The van der Waals surface area contributed by atoms with Crippen molar-refractivity contribution in [3.05, 3.63) is 78.1 Å². The highest BCUT2D eigenvalue weighted by Crippen LogP contribution is 2.19. The van der Waals surface area contributed by atoms with E-state index < -0.39 is 11.9 Å². The number of guanidine groups is 1. The summed E-state index contributed by atoms with van der Waals surface area (Å²) in [5, 5.41) is 16.4. The number of rotatable bonds is 9. The van der Waals surface area contributed by atoms with E-state index in [9.17, 15) is 9.50 Å². The van der Waals surface area contributed by atoms with Gasteiger partial charge in [-0.1, -0.05) is 49.1 Å². The molecule has 0 aliphatic rings. The number of aliphatic hydroxyl groups is 1. The number of para-hydroxylation sites is 1. The zero-order valence-corrected chi connectivity index (χ0v) is 18.2. The lowest BCUT2D eigenvalue weighted by molar-refractivity contribution is 0.176. The van der Waals surface area contributed by atoms with Gasteiger partial charge in [0.2, 0.25) is 0 Å². The molecule has 0 fully saturated rings. The quantitative estimate of drug-likeness (QED) is 0.213. The fourth-order valence-electron chi connectivity index (χ4n) is 2.48. The first-order valence-corrected chi connectivity index (χ1v) is 8.92. The minimum absolute atomic E-state index is 0. The minimum Gasteiger partial charge on any atom is -0.489 e. The molecule has 7 heteroatoms. The molecule has 0 radical (unpaired) electrons. The molecule has 1 atom stereocenters. The number of halogens is 2. The number of aliphatic hydroxyl groups excluding tert-OH is 1. The summed E-state index contributed by atoms with van der Waals surface area (Å²) in [6, 6.07) is 13.8. The maximum Gasteiger partial charge on any atom is 0.191 e. The summed E-state index contributed by atoms with van der Waals surface area (Å²) in [5.41, 5.74) is 1.19. The molecule has 28 heavy (non-hydrogen) atoms. The van der Waals surface area contributed by atoms with Gasteiger partial charge in [0.1, 0.15) is 18.2 Å². The molecule has 152 valence electrons. The second-order valence-corrected chi connectivity index (χ2v) is 5.82. The van der Waals surface area contributed by atoms with Gasteiger partial charge in [0.05, 0.1) is 12.6 Å². The van der Waals surface area contributed by atoms with Crippen molar-refractivity contribution in [2.24, 2.45) is 4.99 Å². The topological polar surface area (TPSA) is 65.9 Å². The first-order chi connectivity index (χ1) is 13.2. The summed E-state index contributed by atoms with van der Waals surface area (Å²) in [6.07, 6.45) is 0.716. The van der Waals surface area contributed by atoms with Gasteiger partial charge in [-0.2, -0.15) is 0 Å². The first-order valence-electron chi connectivity index (χ1n) is 8.92. The van der Waals surface area contributed by atoms with E-state index in [4.69, 9.17) is 4.74 Å². The number of nitrogens with one attached hydrogen (secondary N) is 2. The SMILES string of the molecule is C=CCOc1ccccc1CN=C(NCC)NCC(O)c1ccccc1F.I. The molecule has 0 aromatic heterocycles. The van der Waals surface area contributed by atoms with Crippen molar-refractivity contribution in [1.82, 2.24) is 10.6 Å². The van der Waals surface area contributed by atoms with Crippen LogP contribution >= 0.6 is 24.0 Å². The van der Waals surface area contributed by atoms with Gasteiger partial charge >= 0.3 is 0 Å². The predicted molar refractivity (Wildman–Crippen MR) is 122 cm³/mol. The van der Waals surface area contributed by atoms with Crippen molar-refractivity contribution in [2.45, 2.75) is 19.6 Å². The number of benzene rings is 2. The highest BCUT2D eigenvalue weighted by molar-refractivity contribution is 14.0. The van der Waals surface area contributed by atoms with Crippen molar-refractivity contribution < 1.29 is 14.2 Å². The molecule has 5 nitrogen and oxygen atoms in total. The second kappa shape index (κ2) is 13.1. The van der Waals surface area contributed by atoms with Crippen LogP contribution in [0, 0.1) is 5.82 Å². The largest absolute Gasteiger partial charge is 0.489 e. The van der Waals surface area contributed by atoms with E-state index in [1.54, 1.807) is 24.3 Å².